The number of hydrogen-bond donors (Lipinski definition) is 2. The Labute approximate surface area is 254 Å². The Morgan fingerprint density at radius 2 is 1.07 bits per heavy atom. The number of nitrogens with zero attached hydrogens (tertiary/aromatic N) is 1. The van der Waals surface area contributed by atoms with Crippen molar-refractivity contribution in [3.8, 4) is 23.0 Å². The number of carbonyl (C=O) groups is 1. The molecule has 6 nitrogen and oxygen atoms in total. The maximum absolute atomic E-state index is 13.9. The molecular weight excluding hydrogens is 538 g/mol. The number of amides is 1. The number of carbonyl (C=O) groups excluding carboxylic acids is 1. The summed E-state index contributed by atoms with van der Waals surface area (Å²) in [5.74, 6) is 0.773. The fraction of sp³-hybridized carbons (Fsp3) is 0.324. The van der Waals surface area contributed by atoms with Crippen LogP contribution in [0.3, 0.4) is 0 Å². The Morgan fingerprint density at radius 1 is 0.651 bits per heavy atom. The molecule has 5 rings (SSSR count). The third-order valence-corrected chi connectivity index (χ3v) is 8.01. The fourth-order valence-corrected chi connectivity index (χ4v) is 5.88. The van der Waals surface area contributed by atoms with Gasteiger partial charge in [0.25, 0.3) is 0 Å². The second kappa shape index (κ2) is 13.2. The summed E-state index contributed by atoms with van der Waals surface area (Å²) in [5.41, 5.74) is 6.27. The quantitative estimate of drug-likeness (QED) is 0.247. The van der Waals surface area contributed by atoms with Crippen LogP contribution in [0.25, 0.3) is 0 Å². The lowest BCUT2D eigenvalue weighted by atomic mass is 9.84. The number of ether oxygens (including phenoxy) is 2. The highest BCUT2D eigenvalue weighted by Crippen LogP contribution is 2.43. The van der Waals surface area contributed by atoms with Crippen molar-refractivity contribution < 1.29 is 24.5 Å². The predicted molar refractivity (Wildman–Crippen MR) is 170 cm³/mol. The maximum atomic E-state index is 13.9. The Balaban J connectivity index is 1.80. The highest BCUT2D eigenvalue weighted by Gasteiger charge is 2.32. The van der Waals surface area contributed by atoms with Crippen molar-refractivity contribution in [2.75, 3.05) is 27.3 Å². The van der Waals surface area contributed by atoms with Crippen molar-refractivity contribution in [1.82, 2.24) is 4.90 Å². The minimum Gasteiger partial charge on any atom is -0.507 e. The molecule has 0 spiro atoms. The zero-order valence-electron chi connectivity index (χ0n) is 25.5. The molecular formula is C37H41NO5. The lowest BCUT2D eigenvalue weighted by molar-refractivity contribution is -0.129. The van der Waals surface area contributed by atoms with Crippen molar-refractivity contribution in [2.45, 2.75) is 51.9 Å². The highest BCUT2D eigenvalue weighted by molar-refractivity contribution is 5.89. The number of rotatable bonds is 7. The molecule has 0 saturated heterocycles. The molecule has 224 valence electrons. The van der Waals surface area contributed by atoms with E-state index in [4.69, 9.17) is 9.47 Å². The van der Waals surface area contributed by atoms with Gasteiger partial charge in [0.1, 0.15) is 23.0 Å². The van der Waals surface area contributed by atoms with Crippen LogP contribution in [0.4, 0.5) is 0 Å². The van der Waals surface area contributed by atoms with E-state index in [1.54, 1.807) is 19.0 Å². The van der Waals surface area contributed by atoms with Gasteiger partial charge in [0.2, 0.25) is 5.91 Å². The molecule has 0 unspecified atom stereocenters. The number of benzene rings is 4. The topological polar surface area (TPSA) is 79.2 Å². The van der Waals surface area contributed by atoms with Crippen LogP contribution < -0.4 is 9.47 Å². The largest absolute Gasteiger partial charge is 0.507 e. The summed E-state index contributed by atoms with van der Waals surface area (Å²) in [6.07, 6.45) is 2.98. The van der Waals surface area contributed by atoms with E-state index in [1.165, 1.54) is 0 Å². The van der Waals surface area contributed by atoms with E-state index in [0.717, 1.165) is 46.4 Å². The minimum atomic E-state index is -0.795. The van der Waals surface area contributed by atoms with Crippen molar-refractivity contribution in [3.05, 3.63) is 117 Å². The van der Waals surface area contributed by atoms with Gasteiger partial charge in [-0.1, -0.05) is 86.6 Å². The molecule has 0 radical (unpaired) electrons. The van der Waals surface area contributed by atoms with Crippen molar-refractivity contribution >= 4 is 5.91 Å². The summed E-state index contributed by atoms with van der Waals surface area (Å²) < 4.78 is 12.7. The second-order valence-electron chi connectivity index (χ2n) is 11.4. The van der Waals surface area contributed by atoms with Crippen LogP contribution in [-0.2, 0) is 24.1 Å². The Morgan fingerprint density at radius 3 is 1.58 bits per heavy atom. The standard InChI is InChI=1S/C37H41NO5/c1-5-19-42-35-27-14-8-15-28(35)23-26-13-9-17-30(34(26)40)32(37(41)38(3)4)31-18-10-16-29(36(31)43-20-6-2)22-25-12-7-11-24(21-27)33(25)39/h7-18,32,39-40H,5-6,19-23H2,1-4H3/t32-/m1/s1. The molecule has 0 aliphatic heterocycles. The van der Waals surface area contributed by atoms with Crippen molar-refractivity contribution in [1.29, 1.82) is 0 Å². The van der Waals surface area contributed by atoms with E-state index in [-0.39, 0.29) is 17.4 Å². The van der Waals surface area contributed by atoms with Crippen molar-refractivity contribution in [2.24, 2.45) is 0 Å². The number of likely N-dealkylation sites (N-methyl/N-ethyl adjacent to an activating group) is 1. The third-order valence-electron chi connectivity index (χ3n) is 8.01. The first-order valence-electron chi connectivity index (χ1n) is 15.1. The molecule has 0 saturated carbocycles. The Bertz CT molecular complexity index is 1610. The van der Waals surface area contributed by atoms with E-state index in [9.17, 15) is 15.0 Å². The molecule has 4 aromatic rings. The first-order chi connectivity index (χ1) is 20.8. The zero-order chi connectivity index (χ0) is 30.5. The van der Waals surface area contributed by atoms with Gasteiger partial charge in [0.15, 0.2) is 0 Å². The molecule has 0 heterocycles. The van der Waals surface area contributed by atoms with Crippen LogP contribution in [0.1, 0.15) is 77.1 Å². The molecule has 1 aliphatic rings. The lowest BCUT2D eigenvalue weighted by Crippen LogP contribution is -2.29. The number of para-hydroxylation sites is 4. The molecule has 43 heavy (non-hydrogen) atoms. The summed E-state index contributed by atoms with van der Waals surface area (Å²) in [6.45, 7) is 5.14. The summed E-state index contributed by atoms with van der Waals surface area (Å²) in [7, 11) is 3.45. The van der Waals surface area contributed by atoms with E-state index in [1.807, 2.05) is 79.7 Å². The molecule has 2 N–H and O–H groups in total. The summed E-state index contributed by atoms with van der Waals surface area (Å²) in [4.78, 5) is 15.5. The van der Waals surface area contributed by atoms with Gasteiger partial charge in [0.05, 0.1) is 19.1 Å². The lowest BCUT2D eigenvalue weighted by Gasteiger charge is -2.26. The van der Waals surface area contributed by atoms with E-state index in [2.05, 4.69) is 6.92 Å². The van der Waals surface area contributed by atoms with Crippen LogP contribution in [0.5, 0.6) is 23.0 Å². The average molecular weight is 580 g/mol. The third kappa shape index (κ3) is 6.19. The van der Waals surface area contributed by atoms with Gasteiger partial charge in [-0.05, 0) is 46.2 Å². The molecule has 0 fully saturated rings. The van der Waals surface area contributed by atoms with Gasteiger partial charge in [-0.2, -0.15) is 0 Å². The van der Waals surface area contributed by atoms with Gasteiger partial charge in [-0.15, -0.1) is 0 Å². The second-order valence-corrected chi connectivity index (χ2v) is 11.4. The number of phenols is 2. The maximum Gasteiger partial charge on any atom is 0.234 e. The summed E-state index contributed by atoms with van der Waals surface area (Å²) in [5, 5.41) is 23.3. The van der Waals surface area contributed by atoms with Crippen LogP contribution in [0.15, 0.2) is 72.8 Å². The molecule has 8 bridgehead atoms. The monoisotopic (exact) mass is 579 g/mol. The fourth-order valence-electron chi connectivity index (χ4n) is 5.88. The van der Waals surface area contributed by atoms with Crippen LogP contribution in [-0.4, -0.2) is 48.3 Å². The number of aromatic hydroxyl groups is 2. The van der Waals surface area contributed by atoms with Gasteiger partial charge in [-0.3, -0.25) is 4.79 Å². The van der Waals surface area contributed by atoms with E-state index in [0.29, 0.717) is 54.9 Å². The summed E-state index contributed by atoms with van der Waals surface area (Å²) in [6, 6.07) is 23.3. The molecule has 1 amide bonds. The zero-order valence-corrected chi connectivity index (χ0v) is 25.5. The SMILES string of the molecule is CCCOc1c2cccc1Cc1cccc(c1O)[C@@H](C(=O)N(C)C)c1cccc(c1OCCC)Cc1cccc(c1O)C2. The number of hydrogen-bond acceptors (Lipinski definition) is 5. The van der Waals surface area contributed by atoms with Crippen LogP contribution in [0.2, 0.25) is 0 Å². The Hall–Kier alpha value is -4.45. The van der Waals surface area contributed by atoms with E-state index < -0.39 is 5.92 Å². The van der Waals surface area contributed by atoms with Crippen LogP contribution >= 0.6 is 0 Å². The molecule has 1 aliphatic carbocycles. The normalized spacial score (nSPS) is 14.2. The molecule has 4 aromatic carbocycles. The van der Waals surface area contributed by atoms with Crippen molar-refractivity contribution in [3.63, 3.8) is 0 Å². The van der Waals surface area contributed by atoms with Gasteiger partial charge in [0, 0.05) is 44.5 Å². The number of fused-ring (bicyclic) bond motifs is 8. The van der Waals surface area contributed by atoms with Crippen LogP contribution in [0, 0.1) is 0 Å². The molecule has 1 atom stereocenters. The highest BCUT2D eigenvalue weighted by atomic mass is 16.5. The average Bonchev–Trinajstić information content (AvgIpc) is 2.99. The molecule has 0 aromatic heterocycles. The van der Waals surface area contributed by atoms with Gasteiger partial charge < -0.3 is 24.6 Å². The first-order valence-corrected chi connectivity index (χ1v) is 15.1. The molecule has 6 heteroatoms. The van der Waals surface area contributed by atoms with Gasteiger partial charge in [-0.25, -0.2) is 0 Å². The Kier molecular flexibility index (Phi) is 9.24. The summed E-state index contributed by atoms with van der Waals surface area (Å²) >= 11 is 0. The minimum absolute atomic E-state index is 0.0938. The number of phenolic OH excluding ortho intramolecular Hbond substituents is 2. The first kappa shape index (κ1) is 30.0. The smallest absolute Gasteiger partial charge is 0.234 e. The van der Waals surface area contributed by atoms with Gasteiger partial charge >= 0.3 is 0 Å². The predicted octanol–water partition coefficient (Wildman–Crippen LogP) is 6.98. The van der Waals surface area contributed by atoms with E-state index >= 15 is 0 Å².